The van der Waals surface area contributed by atoms with Crippen molar-refractivity contribution in [2.24, 2.45) is 0 Å². The molecule has 1 aromatic rings. The first kappa shape index (κ1) is 12.1. The first-order valence-electron chi connectivity index (χ1n) is 6.89. The quantitative estimate of drug-likeness (QED) is 0.764. The molecule has 2 fully saturated rings. The van der Waals surface area contributed by atoms with Gasteiger partial charge in [0.25, 0.3) is 0 Å². The second kappa shape index (κ2) is 4.63. The molecule has 2 aliphatic rings. The molecule has 3 heteroatoms. The van der Waals surface area contributed by atoms with Crippen LogP contribution in [0.4, 0.5) is 0 Å². The summed E-state index contributed by atoms with van der Waals surface area (Å²) in [6.45, 7) is 5.86. The molecule has 0 atom stereocenters. The fourth-order valence-electron chi connectivity index (χ4n) is 3.49. The van der Waals surface area contributed by atoms with E-state index in [4.69, 9.17) is 9.47 Å². The zero-order valence-electron chi connectivity index (χ0n) is 11.2. The first-order chi connectivity index (χ1) is 8.70. The lowest BCUT2D eigenvalue weighted by Crippen LogP contribution is -2.34. The maximum absolute atomic E-state index is 5.79. The summed E-state index contributed by atoms with van der Waals surface area (Å²) < 4.78 is 11.6. The lowest BCUT2D eigenvalue weighted by Gasteiger charge is -2.36. The van der Waals surface area contributed by atoms with Gasteiger partial charge in [0.1, 0.15) is 0 Å². The highest BCUT2D eigenvalue weighted by Gasteiger charge is 2.40. The maximum Gasteiger partial charge on any atom is 0.168 e. The van der Waals surface area contributed by atoms with Gasteiger partial charge >= 0.3 is 0 Å². The minimum absolute atomic E-state index is 0.245. The number of aryl methyl sites for hydroxylation is 2. The normalized spacial score (nSPS) is 23.7. The summed E-state index contributed by atoms with van der Waals surface area (Å²) in [5.74, 6) is 0.400. The zero-order chi connectivity index (χ0) is 12.6. The molecule has 0 amide bonds. The molecule has 98 valence electrons. The maximum atomic E-state index is 5.79. The van der Waals surface area contributed by atoms with E-state index in [-0.39, 0.29) is 5.79 Å². The Labute approximate surface area is 109 Å². The summed E-state index contributed by atoms with van der Waals surface area (Å²) in [5.41, 5.74) is 4.14. The lowest BCUT2D eigenvalue weighted by molar-refractivity contribution is -0.178. The van der Waals surface area contributed by atoms with E-state index in [2.05, 4.69) is 18.8 Å². The van der Waals surface area contributed by atoms with Gasteiger partial charge in [-0.25, -0.2) is 0 Å². The lowest BCUT2D eigenvalue weighted by atomic mass is 9.78. The van der Waals surface area contributed by atoms with Gasteiger partial charge in [-0.3, -0.25) is 4.98 Å². The molecule has 0 bridgehead atoms. The van der Waals surface area contributed by atoms with Crippen LogP contribution in [-0.4, -0.2) is 24.0 Å². The molecular formula is C15H21NO2. The molecule has 1 saturated carbocycles. The molecule has 1 aliphatic heterocycles. The molecule has 1 saturated heterocycles. The van der Waals surface area contributed by atoms with Gasteiger partial charge in [-0.15, -0.1) is 0 Å². The third kappa shape index (κ3) is 2.06. The van der Waals surface area contributed by atoms with E-state index in [1.807, 2.05) is 12.4 Å². The first-order valence-corrected chi connectivity index (χ1v) is 6.89. The predicted molar refractivity (Wildman–Crippen MR) is 69.6 cm³/mol. The molecule has 2 heterocycles. The second-order valence-corrected chi connectivity index (χ2v) is 5.57. The van der Waals surface area contributed by atoms with Crippen LogP contribution in [-0.2, 0) is 9.47 Å². The summed E-state index contributed by atoms with van der Waals surface area (Å²) in [6.07, 6.45) is 8.33. The monoisotopic (exact) mass is 247 g/mol. The van der Waals surface area contributed by atoms with Crippen molar-refractivity contribution in [3.8, 4) is 0 Å². The van der Waals surface area contributed by atoms with Crippen molar-refractivity contribution in [1.29, 1.82) is 0 Å². The van der Waals surface area contributed by atoms with Gasteiger partial charge in [-0.05, 0) is 49.3 Å². The summed E-state index contributed by atoms with van der Waals surface area (Å²) in [4.78, 5) is 4.26. The van der Waals surface area contributed by atoms with E-state index in [0.717, 1.165) is 38.9 Å². The van der Waals surface area contributed by atoms with Gasteiger partial charge in [0.15, 0.2) is 5.79 Å². The molecule has 1 spiro atoms. The van der Waals surface area contributed by atoms with Gasteiger partial charge in [0, 0.05) is 25.2 Å². The molecule has 3 nitrogen and oxygen atoms in total. The Kier molecular flexibility index (Phi) is 3.12. The van der Waals surface area contributed by atoms with Crippen molar-refractivity contribution in [1.82, 2.24) is 4.98 Å². The van der Waals surface area contributed by atoms with Gasteiger partial charge in [-0.2, -0.15) is 0 Å². The van der Waals surface area contributed by atoms with E-state index < -0.39 is 0 Å². The van der Waals surface area contributed by atoms with E-state index in [1.54, 1.807) is 0 Å². The molecule has 0 unspecified atom stereocenters. The van der Waals surface area contributed by atoms with Crippen molar-refractivity contribution in [3.05, 3.63) is 29.1 Å². The van der Waals surface area contributed by atoms with E-state index in [1.165, 1.54) is 16.7 Å². The Hall–Kier alpha value is -0.930. The Morgan fingerprint density at radius 3 is 2.17 bits per heavy atom. The third-order valence-corrected chi connectivity index (χ3v) is 4.36. The number of pyridine rings is 1. The Bertz CT molecular complexity index is 408. The summed E-state index contributed by atoms with van der Waals surface area (Å²) in [6, 6.07) is 0. The highest BCUT2D eigenvalue weighted by Crippen LogP contribution is 2.43. The van der Waals surface area contributed by atoms with Gasteiger partial charge in [0.2, 0.25) is 0 Å². The molecule has 3 rings (SSSR count). The van der Waals surface area contributed by atoms with Crippen LogP contribution in [0, 0.1) is 13.8 Å². The van der Waals surface area contributed by atoms with Crippen LogP contribution in [0.2, 0.25) is 0 Å². The van der Waals surface area contributed by atoms with E-state index in [0.29, 0.717) is 5.92 Å². The van der Waals surface area contributed by atoms with Crippen molar-refractivity contribution in [2.75, 3.05) is 13.2 Å². The van der Waals surface area contributed by atoms with E-state index in [9.17, 15) is 0 Å². The van der Waals surface area contributed by atoms with Crippen LogP contribution in [0.15, 0.2) is 12.4 Å². The fourth-order valence-corrected chi connectivity index (χ4v) is 3.49. The third-order valence-electron chi connectivity index (χ3n) is 4.36. The molecule has 1 aliphatic carbocycles. The largest absolute Gasteiger partial charge is 0.348 e. The van der Waals surface area contributed by atoms with Gasteiger partial charge < -0.3 is 9.47 Å². The predicted octanol–water partition coefficient (Wildman–Crippen LogP) is 3.10. The SMILES string of the molecule is Cc1cncc(C)c1C1CCC2(CC1)OCCO2. The highest BCUT2D eigenvalue weighted by atomic mass is 16.7. The van der Waals surface area contributed by atoms with Crippen molar-refractivity contribution < 1.29 is 9.47 Å². The van der Waals surface area contributed by atoms with Crippen LogP contribution >= 0.6 is 0 Å². The summed E-state index contributed by atoms with van der Waals surface area (Å²) in [7, 11) is 0. The average molecular weight is 247 g/mol. The number of hydrogen-bond donors (Lipinski definition) is 0. The summed E-state index contributed by atoms with van der Waals surface area (Å²) >= 11 is 0. The molecule has 18 heavy (non-hydrogen) atoms. The van der Waals surface area contributed by atoms with Crippen molar-refractivity contribution >= 4 is 0 Å². The van der Waals surface area contributed by atoms with Crippen molar-refractivity contribution in [3.63, 3.8) is 0 Å². The molecule has 1 aromatic heterocycles. The average Bonchev–Trinajstić information content (AvgIpc) is 2.80. The van der Waals surface area contributed by atoms with Crippen molar-refractivity contribution in [2.45, 2.75) is 51.2 Å². The van der Waals surface area contributed by atoms with Gasteiger partial charge in [0.05, 0.1) is 13.2 Å². The minimum Gasteiger partial charge on any atom is -0.348 e. The topological polar surface area (TPSA) is 31.4 Å². The smallest absolute Gasteiger partial charge is 0.168 e. The number of nitrogens with zero attached hydrogens (tertiary/aromatic N) is 1. The Morgan fingerprint density at radius 2 is 1.61 bits per heavy atom. The van der Waals surface area contributed by atoms with Crippen LogP contribution in [0.5, 0.6) is 0 Å². The van der Waals surface area contributed by atoms with Gasteiger partial charge in [-0.1, -0.05) is 0 Å². The van der Waals surface area contributed by atoms with E-state index >= 15 is 0 Å². The van der Waals surface area contributed by atoms with Crippen LogP contribution < -0.4 is 0 Å². The second-order valence-electron chi connectivity index (χ2n) is 5.57. The summed E-state index contributed by atoms with van der Waals surface area (Å²) in [5, 5.41) is 0. The Balaban J connectivity index is 1.76. The zero-order valence-corrected chi connectivity index (χ0v) is 11.2. The van der Waals surface area contributed by atoms with Crippen LogP contribution in [0.3, 0.4) is 0 Å². The number of hydrogen-bond acceptors (Lipinski definition) is 3. The molecular weight excluding hydrogens is 226 g/mol. The molecule has 0 aromatic carbocycles. The molecule has 0 N–H and O–H groups in total. The van der Waals surface area contributed by atoms with Crippen LogP contribution in [0.1, 0.15) is 48.3 Å². The highest BCUT2D eigenvalue weighted by molar-refractivity contribution is 5.33. The van der Waals surface area contributed by atoms with Crippen LogP contribution in [0.25, 0.3) is 0 Å². The Morgan fingerprint density at radius 1 is 1.06 bits per heavy atom. The number of aromatic nitrogens is 1. The molecule has 0 radical (unpaired) electrons. The number of ether oxygens (including phenoxy) is 2. The fraction of sp³-hybridized carbons (Fsp3) is 0.667. The number of rotatable bonds is 1. The standard InChI is InChI=1S/C15H21NO2/c1-11-9-16-10-12(2)14(11)13-3-5-15(6-4-13)17-7-8-18-15/h9-10,13H,3-8H2,1-2H3. The minimum atomic E-state index is -0.245.